The molecule has 2 rings (SSSR count). The molecule has 5 heteroatoms. The Kier molecular flexibility index (Phi) is 3.59. The zero-order valence-electron chi connectivity index (χ0n) is 9.79. The van der Waals surface area contributed by atoms with Crippen LogP contribution >= 0.6 is 0 Å². The van der Waals surface area contributed by atoms with Gasteiger partial charge in [-0.1, -0.05) is 6.07 Å². The molecule has 0 aliphatic carbocycles. The molecule has 0 unspecified atom stereocenters. The largest absolute Gasteiger partial charge is 0.436 e. The summed E-state index contributed by atoms with van der Waals surface area (Å²) < 4.78 is 18.0. The lowest BCUT2D eigenvalue weighted by Gasteiger charge is -2.23. The van der Waals surface area contributed by atoms with Crippen LogP contribution in [-0.2, 0) is 5.97 Å². The molecule has 0 saturated carbocycles. The van der Waals surface area contributed by atoms with Gasteiger partial charge in [0.05, 0.1) is 5.56 Å². The third kappa shape index (κ3) is 3.15. The second-order valence-corrected chi connectivity index (χ2v) is 3.91. The lowest BCUT2D eigenvalue weighted by Crippen LogP contribution is -2.32. The highest BCUT2D eigenvalue weighted by molar-refractivity contribution is 5.74. The summed E-state index contributed by atoms with van der Waals surface area (Å²) in [6, 6.07) is 10.5. The second kappa shape index (κ2) is 5.17. The van der Waals surface area contributed by atoms with E-state index >= 15 is 0 Å². The van der Waals surface area contributed by atoms with Crippen molar-refractivity contribution in [3.8, 4) is 5.75 Å². The third-order valence-corrected chi connectivity index (χ3v) is 2.48. The molecule has 0 aliphatic heterocycles. The van der Waals surface area contributed by atoms with E-state index in [2.05, 4.69) is 0 Å². The maximum Gasteiger partial charge on any atom is 0.351 e. The van der Waals surface area contributed by atoms with Crippen molar-refractivity contribution in [2.45, 2.75) is 5.97 Å². The summed E-state index contributed by atoms with van der Waals surface area (Å²) in [5, 5.41) is 19.6. The normalized spacial score (nSPS) is 11.1. The summed E-state index contributed by atoms with van der Waals surface area (Å²) in [6.45, 7) is 0. The lowest BCUT2D eigenvalue weighted by molar-refractivity contribution is -0.304. The van der Waals surface area contributed by atoms with E-state index in [0.717, 1.165) is 6.07 Å². The Labute approximate surface area is 108 Å². The maximum atomic E-state index is 13.0. The van der Waals surface area contributed by atoms with E-state index in [1.165, 1.54) is 42.5 Å². The minimum Gasteiger partial charge on any atom is -0.436 e. The first-order valence-electron chi connectivity index (χ1n) is 5.46. The Morgan fingerprint density at radius 3 is 2.37 bits per heavy atom. The molecule has 98 valence electrons. The summed E-state index contributed by atoms with van der Waals surface area (Å²) in [5.41, 5.74) is 0.298. The van der Waals surface area contributed by atoms with Crippen molar-refractivity contribution in [3.05, 3.63) is 65.5 Å². The Morgan fingerprint density at radius 1 is 1.11 bits per heavy atom. The maximum absolute atomic E-state index is 13.0. The highest BCUT2D eigenvalue weighted by Crippen LogP contribution is 2.24. The molecule has 2 aromatic rings. The van der Waals surface area contributed by atoms with E-state index in [9.17, 15) is 19.4 Å². The quantitative estimate of drug-likeness (QED) is 0.651. The molecule has 0 aliphatic rings. The summed E-state index contributed by atoms with van der Waals surface area (Å²) in [4.78, 5) is 10.5. The van der Waals surface area contributed by atoms with Crippen LogP contribution in [0.2, 0.25) is 0 Å². The van der Waals surface area contributed by atoms with Crippen molar-refractivity contribution in [2.24, 2.45) is 0 Å². The van der Waals surface area contributed by atoms with Crippen LogP contribution in [0, 0.1) is 5.82 Å². The number of carbonyl (C=O) groups is 1. The van der Waals surface area contributed by atoms with Gasteiger partial charge in [0.2, 0.25) is 0 Å². The Balaban J connectivity index is 2.22. The van der Waals surface area contributed by atoms with Gasteiger partial charge in [-0.15, -0.1) is 0 Å². The van der Waals surface area contributed by atoms with Crippen molar-refractivity contribution in [3.63, 3.8) is 0 Å². The Bertz CT molecular complexity index is 578. The van der Waals surface area contributed by atoms with E-state index in [1.807, 2.05) is 0 Å². The fourth-order valence-electron chi connectivity index (χ4n) is 1.53. The van der Waals surface area contributed by atoms with Gasteiger partial charge in [0.1, 0.15) is 17.9 Å². The summed E-state index contributed by atoms with van der Waals surface area (Å²) in [5.74, 6) is -3.12. The number of carbonyl (C=O) groups excluding carboxylic acids is 1. The number of ether oxygens (including phenoxy) is 1. The molecule has 2 N–H and O–H groups in total. The van der Waals surface area contributed by atoms with E-state index in [1.54, 1.807) is 0 Å². The van der Waals surface area contributed by atoms with Gasteiger partial charge in [0.25, 0.3) is 0 Å². The van der Waals surface area contributed by atoms with Crippen molar-refractivity contribution >= 4 is 6.29 Å². The average molecular weight is 262 g/mol. The summed E-state index contributed by atoms with van der Waals surface area (Å²) in [7, 11) is 0. The summed E-state index contributed by atoms with van der Waals surface area (Å²) >= 11 is 0. The number of halogens is 1. The first-order chi connectivity index (χ1) is 9.01. The molecule has 2 aromatic carbocycles. The molecule has 0 atom stereocenters. The van der Waals surface area contributed by atoms with Gasteiger partial charge in [0.15, 0.2) is 0 Å². The van der Waals surface area contributed by atoms with Gasteiger partial charge >= 0.3 is 5.97 Å². The number of hydrogen-bond acceptors (Lipinski definition) is 4. The third-order valence-electron chi connectivity index (χ3n) is 2.48. The fraction of sp³-hybridized carbons (Fsp3) is 0.0714. The Morgan fingerprint density at radius 2 is 1.79 bits per heavy atom. The topological polar surface area (TPSA) is 66.8 Å². The summed E-state index contributed by atoms with van der Waals surface area (Å²) in [6.07, 6.45) is 0.654. The van der Waals surface area contributed by atoms with Crippen LogP contribution in [0.25, 0.3) is 0 Å². The zero-order valence-corrected chi connectivity index (χ0v) is 9.79. The standard InChI is InChI=1S/C14H11FO4/c15-12-3-1-2-11(8-12)14(17,18)19-13-6-4-10(9-16)5-7-13/h1-9,17-18H. The van der Waals surface area contributed by atoms with Crippen LogP contribution in [0.5, 0.6) is 5.75 Å². The molecule has 0 saturated heterocycles. The van der Waals surface area contributed by atoms with Gasteiger partial charge < -0.3 is 14.9 Å². The zero-order chi connectivity index (χ0) is 13.9. The SMILES string of the molecule is O=Cc1ccc(OC(O)(O)c2cccc(F)c2)cc1. The van der Waals surface area contributed by atoms with Crippen LogP contribution in [-0.4, -0.2) is 16.5 Å². The predicted molar refractivity (Wildman–Crippen MR) is 65.0 cm³/mol. The van der Waals surface area contributed by atoms with Crippen LogP contribution < -0.4 is 4.74 Å². The van der Waals surface area contributed by atoms with E-state index in [-0.39, 0.29) is 11.3 Å². The van der Waals surface area contributed by atoms with Crippen LogP contribution in [0.15, 0.2) is 48.5 Å². The first-order valence-corrected chi connectivity index (χ1v) is 5.46. The molecule has 0 bridgehead atoms. The molecule has 0 aromatic heterocycles. The van der Waals surface area contributed by atoms with Crippen molar-refractivity contribution < 1.29 is 24.1 Å². The minimum absolute atomic E-state index is 0.132. The molecule has 0 fully saturated rings. The van der Waals surface area contributed by atoms with Gasteiger partial charge in [-0.3, -0.25) is 4.79 Å². The monoisotopic (exact) mass is 262 g/mol. The molecular weight excluding hydrogens is 251 g/mol. The molecule has 0 heterocycles. The lowest BCUT2D eigenvalue weighted by atomic mass is 10.2. The van der Waals surface area contributed by atoms with E-state index in [4.69, 9.17) is 4.74 Å². The molecule has 0 amide bonds. The molecule has 0 radical (unpaired) electrons. The highest BCUT2D eigenvalue weighted by atomic mass is 19.1. The number of hydrogen-bond donors (Lipinski definition) is 2. The van der Waals surface area contributed by atoms with Crippen LogP contribution in [0.4, 0.5) is 4.39 Å². The molecule has 19 heavy (non-hydrogen) atoms. The minimum atomic E-state index is -2.65. The Hall–Kier alpha value is -2.24. The smallest absolute Gasteiger partial charge is 0.351 e. The predicted octanol–water partition coefficient (Wildman–Crippen LogP) is 1.81. The first kappa shape index (κ1) is 13.2. The molecule has 4 nitrogen and oxygen atoms in total. The number of aldehydes is 1. The highest BCUT2D eigenvalue weighted by Gasteiger charge is 2.29. The van der Waals surface area contributed by atoms with Crippen molar-refractivity contribution in [1.29, 1.82) is 0 Å². The van der Waals surface area contributed by atoms with E-state index < -0.39 is 11.8 Å². The van der Waals surface area contributed by atoms with E-state index in [0.29, 0.717) is 11.8 Å². The van der Waals surface area contributed by atoms with Gasteiger partial charge in [-0.05, 0) is 42.5 Å². The average Bonchev–Trinajstić information content (AvgIpc) is 2.39. The second-order valence-electron chi connectivity index (χ2n) is 3.91. The number of rotatable bonds is 4. The van der Waals surface area contributed by atoms with Gasteiger partial charge in [-0.25, -0.2) is 4.39 Å². The number of benzene rings is 2. The fourth-order valence-corrected chi connectivity index (χ4v) is 1.53. The molecule has 0 spiro atoms. The van der Waals surface area contributed by atoms with Crippen LogP contribution in [0.3, 0.4) is 0 Å². The molecular formula is C14H11FO4. The van der Waals surface area contributed by atoms with Gasteiger partial charge in [0, 0.05) is 5.56 Å². The van der Waals surface area contributed by atoms with Crippen LogP contribution in [0.1, 0.15) is 15.9 Å². The van der Waals surface area contributed by atoms with Crippen molar-refractivity contribution in [2.75, 3.05) is 0 Å². The number of aliphatic hydroxyl groups is 2. The van der Waals surface area contributed by atoms with Gasteiger partial charge in [-0.2, -0.15) is 0 Å². The van der Waals surface area contributed by atoms with Crippen molar-refractivity contribution in [1.82, 2.24) is 0 Å².